The Morgan fingerprint density at radius 1 is 1.12 bits per heavy atom. The summed E-state index contributed by atoms with van der Waals surface area (Å²) in [7, 11) is 0. The van der Waals surface area contributed by atoms with Gasteiger partial charge in [0.1, 0.15) is 11.7 Å². The zero-order valence-electron chi connectivity index (χ0n) is 19.1. The highest BCUT2D eigenvalue weighted by atomic mass is 16.6. The molecule has 2 aromatic carbocycles. The Kier molecular flexibility index (Phi) is 5.84. The van der Waals surface area contributed by atoms with Gasteiger partial charge in [-0.25, -0.2) is 4.79 Å². The third kappa shape index (κ3) is 4.57. The van der Waals surface area contributed by atoms with E-state index in [0.29, 0.717) is 38.4 Å². The van der Waals surface area contributed by atoms with Crippen LogP contribution < -0.4 is 4.90 Å². The smallest absolute Gasteiger partial charge is 0.410 e. The molecule has 2 heterocycles. The molecular formula is C26H29N3O3. The summed E-state index contributed by atoms with van der Waals surface area (Å²) in [5.41, 5.74) is 4.38. The number of nitrogens with zero attached hydrogens (tertiary/aromatic N) is 3. The molecule has 6 nitrogen and oxygen atoms in total. The molecule has 0 saturated carbocycles. The lowest BCUT2D eigenvalue weighted by Gasteiger charge is -2.36. The molecule has 1 aliphatic heterocycles. The number of hydrogen-bond donors (Lipinski definition) is 0. The fraction of sp³-hybridized carbons (Fsp3) is 0.385. The minimum absolute atomic E-state index is 0.276. The maximum Gasteiger partial charge on any atom is 0.410 e. The Morgan fingerprint density at radius 3 is 2.44 bits per heavy atom. The lowest BCUT2D eigenvalue weighted by atomic mass is 10.00. The number of hydrogen-bond acceptors (Lipinski definition) is 5. The van der Waals surface area contributed by atoms with Crippen molar-refractivity contribution >= 4 is 22.7 Å². The summed E-state index contributed by atoms with van der Waals surface area (Å²) in [4.78, 5) is 16.4. The molecule has 0 bridgehead atoms. The molecule has 1 amide bonds. The van der Waals surface area contributed by atoms with Crippen LogP contribution in [0.1, 0.15) is 43.2 Å². The molecule has 4 rings (SSSR count). The predicted octanol–water partition coefficient (Wildman–Crippen LogP) is 5.26. The van der Waals surface area contributed by atoms with E-state index in [9.17, 15) is 10.1 Å². The van der Waals surface area contributed by atoms with E-state index in [1.54, 1.807) is 4.90 Å². The van der Waals surface area contributed by atoms with Crippen molar-refractivity contribution in [2.75, 3.05) is 31.1 Å². The van der Waals surface area contributed by atoms with Crippen LogP contribution in [0, 0.1) is 18.3 Å². The molecule has 0 N–H and O–H groups in total. The van der Waals surface area contributed by atoms with E-state index in [2.05, 4.69) is 42.2 Å². The van der Waals surface area contributed by atoms with E-state index in [1.807, 2.05) is 39.0 Å². The van der Waals surface area contributed by atoms with Gasteiger partial charge in [0.25, 0.3) is 0 Å². The first-order valence-corrected chi connectivity index (χ1v) is 11.0. The molecule has 32 heavy (non-hydrogen) atoms. The molecule has 166 valence electrons. The minimum atomic E-state index is -0.506. The molecular weight excluding hydrogens is 402 g/mol. The number of carbonyl (C=O) groups is 1. The largest absolute Gasteiger partial charge is 0.444 e. The first-order chi connectivity index (χ1) is 15.2. The highest BCUT2D eigenvalue weighted by Gasteiger charge is 2.28. The van der Waals surface area contributed by atoms with Crippen LogP contribution in [-0.4, -0.2) is 42.8 Å². The fourth-order valence-corrected chi connectivity index (χ4v) is 4.13. The van der Waals surface area contributed by atoms with Crippen molar-refractivity contribution in [2.45, 2.75) is 39.7 Å². The zero-order valence-corrected chi connectivity index (χ0v) is 19.1. The van der Waals surface area contributed by atoms with Crippen molar-refractivity contribution in [2.24, 2.45) is 0 Å². The van der Waals surface area contributed by atoms with Crippen molar-refractivity contribution in [3.05, 3.63) is 64.9 Å². The van der Waals surface area contributed by atoms with Crippen LogP contribution in [0.2, 0.25) is 0 Å². The molecule has 0 spiro atoms. The third-order valence-electron chi connectivity index (χ3n) is 5.61. The number of piperazine rings is 1. The lowest BCUT2D eigenvalue weighted by molar-refractivity contribution is 0.0240. The zero-order chi connectivity index (χ0) is 22.9. The van der Waals surface area contributed by atoms with Gasteiger partial charge in [0, 0.05) is 43.5 Å². The monoisotopic (exact) mass is 431 g/mol. The third-order valence-corrected chi connectivity index (χ3v) is 5.61. The summed E-state index contributed by atoms with van der Waals surface area (Å²) in [6.07, 6.45) is 0.368. The van der Waals surface area contributed by atoms with Gasteiger partial charge in [0.15, 0.2) is 5.58 Å². The molecule has 1 aromatic heterocycles. The maximum atomic E-state index is 12.4. The lowest BCUT2D eigenvalue weighted by Crippen LogP contribution is -2.50. The van der Waals surface area contributed by atoms with Crippen LogP contribution in [0.15, 0.2) is 46.9 Å². The van der Waals surface area contributed by atoms with Crippen molar-refractivity contribution in [1.82, 2.24) is 4.90 Å². The number of anilines is 1. The van der Waals surface area contributed by atoms with E-state index in [4.69, 9.17) is 9.15 Å². The summed E-state index contributed by atoms with van der Waals surface area (Å²) >= 11 is 0. The number of nitriles is 1. The topological polar surface area (TPSA) is 69.7 Å². The number of ether oxygens (including phenoxy) is 1. The van der Waals surface area contributed by atoms with Gasteiger partial charge in [-0.3, -0.25) is 0 Å². The van der Waals surface area contributed by atoms with Gasteiger partial charge in [-0.05, 0) is 51.0 Å². The minimum Gasteiger partial charge on any atom is -0.444 e. The van der Waals surface area contributed by atoms with E-state index in [1.165, 1.54) is 0 Å². The fourth-order valence-electron chi connectivity index (χ4n) is 4.13. The Hall–Kier alpha value is -3.46. The van der Waals surface area contributed by atoms with Crippen molar-refractivity contribution in [1.29, 1.82) is 5.26 Å². The predicted molar refractivity (Wildman–Crippen MR) is 125 cm³/mol. The summed E-state index contributed by atoms with van der Waals surface area (Å²) in [5, 5.41) is 10.7. The van der Waals surface area contributed by atoms with Gasteiger partial charge in [0.2, 0.25) is 5.76 Å². The SMILES string of the molecule is Cc1cc(N2CCN(C(=O)OC(C)(C)C)CC2)c2oc(C#N)c(Cc3ccccc3)c2c1. The summed E-state index contributed by atoms with van der Waals surface area (Å²) in [5.74, 6) is 0.364. The van der Waals surface area contributed by atoms with Gasteiger partial charge in [-0.1, -0.05) is 30.3 Å². The maximum absolute atomic E-state index is 12.4. The van der Waals surface area contributed by atoms with Crippen molar-refractivity contribution in [3.63, 3.8) is 0 Å². The number of furan rings is 1. The summed E-state index contributed by atoms with van der Waals surface area (Å²) in [6.45, 7) is 10.2. The van der Waals surface area contributed by atoms with E-state index < -0.39 is 5.60 Å². The van der Waals surface area contributed by atoms with Crippen LogP contribution >= 0.6 is 0 Å². The Balaban J connectivity index is 1.62. The average Bonchev–Trinajstić information content (AvgIpc) is 3.10. The second kappa shape index (κ2) is 8.58. The van der Waals surface area contributed by atoms with Crippen LogP contribution in [0.4, 0.5) is 10.5 Å². The average molecular weight is 432 g/mol. The molecule has 1 fully saturated rings. The molecule has 1 saturated heterocycles. The number of fused-ring (bicyclic) bond motifs is 1. The number of aryl methyl sites for hydroxylation is 1. The number of carbonyl (C=O) groups excluding carboxylic acids is 1. The number of benzene rings is 2. The second-order valence-corrected chi connectivity index (χ2v) is 9.30. The Labute approximate surface area is 189 Å². The van der Waals surface area contributed by atoms with Gasteiger partial charge >= 0.3 is 6.09 Å². The first kappa shape index (κ1) is 21.8. The summed E-state index contributed by atoms with van der Waals surface area (Å²) < 4.78 is 11.6. The Bertz CT molecular complexity index is 1160. The molecule has 0 radical (unpaired) electrons. The van der Waals surface area contributed by atoms with Gasteiger partial charge in [0.05, 0.1) is 5.69 Å². The standard InChI is InChI=1S/C26H29N3O3/c1-18-14-21-20(16-19-8-6-5-7-9-19)23(17-27)31-24(21)22(15-18)28-10-12-29(13-11-28)25(30)32-26(2,3)4/h5-9,14-15H,10-13,16H2,1-4H3. The van der Waals surface area contributed by atoms with Gasteiger partial charge in [-0.15, -0.1) is 0 Å². The Morgan fingerprint density at radius 2 is 1.81 bits per heavy atom. The molecule has 3 aromatic rings. The van der Waals surface area contributed by atoms with E-state index in [-0.39, 0.29) is 6.09 Å². The van der Waals surface area contributed by atoms with Crippen LogP contribution in [-0.2, 0) is 11.2 Å². The molecule has 0 aliphatic carbocycles. The van der Waals surface area contributed by atoms with E-state index in [0.717, 1.165) is 33.3 Å². The van der Waals surface area contributed by atoms with E-state index >= 15 is 0 Å². The highest BCUT2D eigenvalue weighted by Crippen LogP contribution is 2.36. The summed E-state index contributed by atoms with van der Waals surface area (Å²) in [6, 6.07) is 16.6. The molecule has 0 atom stereocenters. The molecule has 1 aliphatic rings. The van der Waals surface area contributed by atoms with Crippen LogP contribution in [0.25, 0.3) is 11.0 Å². The van der Waals surface area contributed by atoms with Crippen molar-refractivity contribution in [3.8, 4) is 6.07 Å². The molecule has 6 heteroatoms. The number of rotatable bonds is 3. The second-order valence-electron chi connectivity index (χ2n) is 9.30. The highest BCUT2D eigenvalue weighted by molar-refractivity contribution is 5.94. The van der Waals surface area contributed by atoms with Crippen LogP contribution in [0.5, 0.6) is 0 Å². The molecule has 0 unspecified atom stereocenters. The quantitative estimate of drug-likeness (QED) is 0.566. The van der Waals surface area contributed by atoms with Gasteiger partial charge < -0.3 is 19.0 Å². The van der Waals surface area contributed by atoms with Crippen molar-refractivity contribution < 1.29 is 13.9 Å². The van der Waals surface area contributed by atoms with Gasteiger partial charge in [-0.2, -0.15) is 5.26 Å². The van der Waals surface area contributed by atoms with Crippen LogP contribution in [0.3, 0.4) is 0 Å². The first-order valence-electron chi connectivity index (χ1n) is 11.0. The number of amides is 1. The normalized spacial score (nSPS) is 14.5.